The molecule has 0 bridgehead atoms. The summed E-state index contributed by atoms with van der Waals surface area (Å²) < 4.78 is 1.64. The Labute approximate surface area is 117 Å². The number of carbonyl (C=O) groups is 1. The molecule has 106 valence electrons. The van der Waals surface area contributed by atoms with E-state index in [-0.39, 0.29) is 0 Å². The predicted octanol–water partition coefficient (Wildman–Crippen LogP) is 2.51. The highest BCUT2D eigenvalue weighted by molar-refractivity contribution is 7.99. The first kappa shape index (κ1) is 14.2. The average Bonchev–Trinajstić information content (AvgIpc) is 2.86. The number of aryl methyl sites for hydroxylation is 2. The number of nitrogens with zero attached hydrogens (tertiary/aromatic N) is 2. The third kappa shape index (κ3) is 2.88. The van der Waals surface area contributed by atoms with Crippen LogP contribution in [0.1, 0.15) is 42.2 Å². The molecule has 1 aromatic rings. The van der Waals surface area contributed by atoms with Crippen LogP contribution < -0.4 is 5.32 Å². The van der Waals surface area contributed by atoms with Crippen molar-refractivity contribution in [2.45, 2.75) is 44.4 Å². The summed E-state index contributed by atoms with van der Waals surface area (Å²) in [6, 6.07) is 0.345. The van der Waals surface area contributed by atoms with Gasteiger partial charge in [0.05, 0.1) is 5.69 Å². The van der Waals surface area contributed by atoms with Crippen molar-refractivity contribution in [3.8, 4) is 0 Å². The molecule has 2 rings (SSSR count). The average molecular weight is 283 g/mol. The van der Waals surface area contributed by atoms with Crippen molar-refractivity contribution < 1.29 is 9.90 Å². The lowest BCUT2D eigenvalue weighted by atomic mass is 10.2. The van der Waals surface area contributed by atoms with Crippen LogP contribution in [0.2, 0.25) is 0 Å². The second kappa shape index (κ2) is 5.86. The molecule has 0 radical (unpaired) electrons. The van der Waals surface area contributed by atoms with Gasteiger partial charge in [-0.2, -0.15) is 16.9 Å². The quantitative estimate of drug-likeness (QED) is 0.869. The largest absolute Gasteiger partial charge is 0.477 e. The van der Waals surface area contributed by atoms with Crippen LogP contribution in [0.4, 0.5) is 5.82 Å². The maximum absolute atomic E-state index is 11.3. The van der Waals surface area contributed by atoms with Crippen LogP contribution in [0, 0.1) is 6.92 Å². The molecule has 0 amide bonds. The molecule has 6 heteroatoms. The van der Waals surface area contributed by atoms with Crippen LogP contribution >= 0.6 is 11.8 Å². The van der Waals surface area contributed by atoms with Gasteiger partial charge in [0.1, 0.15) is 11.4 Å². The minimum Gasteiger partial charge on any atom is -0.477 e. The van der Waals surface area contributed by atoms with Gasteiger partial charge in [0.2, 0.25) is 0 Å². The first-order valence-electron chi connectivity index (χ1n) is 6.69. The zero-order valence-electron chi connectivity index (χ0n) is 11.6. The molecule has 1 heterocycles. The van der Waals surface area contributed by atoms with Gasteiger partial charge in [0.15, 0.2) is 0 Å². The molecule has 1 aromatic heterocycles. The normalized spacial score (nSPS) is 22.7. The Balaban J connectivity index is 2.21. The van der Waals surface area contributed by atoms with E-state index in [1.807, 2.05) is 11.8 Å². The summed E-state index contributed by atoms with van der Waals surface area (Å²) in [5.74, 6) is 0.823. The van der Waals surface area contributed by atoms with E-state index in [1.54, 1.807) is 18.7 Å². The van der Waals surface area contributed by atoms with Gasteiger partial charge in [-0.15, -0.1) is 0 Å². The zero-order chi connectivity index (χ0) is 14.0. The van der Waals surface area contributed by atoms with Crippen molar-refractivity contribution in [1.29, 1.82) is 0 Å². The number of thioether (sulfide) groups is 1. The van der Waals surface area contributed by atoms with E-state index in [1.165, 1.54) is 12.8 Å². The summed E-state index contributed by atoms with van der Waals surface area (Å²) in [5.41, 5.74) is 0.866. The van der Waals surface area contributed by atoms with Crippen molar-refractivity contribution in [3.63, 3.8) is 0 Å². The zero-order valence-corrected chi connectivity index (χ0v) is 12.5. The molecule has 0 aliphatic heterocycles. The molecule has 0 aromatic carbocycles. The molecule has 19 heavy (non-hydrogen) atoms. The smallest absolute Gasteiger partial charge is 0.341 e. The molecule has 1 aliphatic rings. The molecule has 5 nitrogen and oxygen atoms in total. The third-order valence-electron chi connectivity index (χ3n) is 3.59. The van der Waals surface area contributed by atoms with Gasteiger partial charge < -0.3 is 10.4 Å². The van der Waals surface area contributed by atoms with Crippen LogP contribution in [-0.4, -0.2) is 37.9 Å². The van der Waals surface area contributed by atoms with Crippen LogP contribution in [-0.2, 0) is 7.05 Å². The Morgan fingerprint density at radius 1 is 1.58 bits per heavy atom. The Kier molecular flexibility index (Phi) is 4.39. The Bertz CT molecular complexity index is 473. The van der Waals surface area contributed by atoms with E-state index in [2.05, 4.69) is 17.3 Å². The van der Waals surface area contributed by atoms with E-state index in [0.29, 0.717) is 28.4 Å². The summed E-state index contributed by atoms with van der Waals surface area (Å²) in [4.78, 5) is 11.3. The number of nitrogens with one attached hydrogen (secondary N) is 1. The van der Waals surface area contributed by atoms with Gasteiger partial charge in [0.25, 0.3) is 0 Å². The predicted molar refractivity (Wildman–Crippen MR) is 78.1 cm³/mol. The van der Waals surface area contributed by atoms with Crippen molar-refractivity contribution in [3.05, 3.63) is 11.3 Å². The molecule has 0 saturated heterocycles. The second-order valence-corrected chi connectivity index (χ2v) is 6.43. The number of aromatic nitrogens is 2. The van der Waals surface area contributed by atoms with Crippen molar-refractivity contribution in [1.82, 2.24) is 9.78 Å². The highest BCUT2D eigenvalue weighted by Gasteiger charge is 2.30. The fourth-order valence-electron chi connectivity index (χ4n) is 2.76. The number of anilines is 1. The lowest BCUT2D eigenvalue weighted by molar-refractivity contribution is 0.0697. The minimum atomic E-state index is -0.911. The summed E-state index contributed by atoms with van der Waals surface area (Å²) >= 11 is 1.95. The molecule has 1 fully saturated rings. The summed E-state index contributed by atoms with van der Waals surface area (Å²) in [5, 5.41) is 17.5. The third-order valence-corrected chi connectivity index (χ3v) is 4.92. The van der Waals surface area contributed by atoms with Crippen molar-refractivity contribution >= 4 is 23.5 Å². The lowest BCUT2D eigenvalue weighted by Crippen LogP contribution is -2.28. The van der Waals surface area contributed by atoms with Crippen LogP contribution in [0.3, 0.4) is 0 Å². The summed E-state index contributed by atoms with van der Waals surface area (Å²) in [6.07, 6.45) is 3.50. The molecule has 0 spiro atoms. The topological polar surface area (TPSA) is 67.2 Å². The lowest BCUT2D eigenvalue weighted by Gasteiger charge is -2.21. The fraction of sp³-hybridized carbons (Fsp3) is 0.692. The van der Waals surface area contributed by atoms with E-state index in [0.717, 1.165) is 12.2 Å². The number of carboxylic acid groups (broad SMARTS) is 1. The van der Waals surface area contributed by atoms with E-state index in [9.17, 15) is 9.90 Å². The highest BCUT2D eigenvalue weighted by Crippen LogP contribution is 2.33. The number of hydrogen-bond donors (Lipinski definition) is 2. The van der Waals surface area contributed by atoms with Gasteiger partial charge >= 0.3 is 5.97 Å². The first-order chi connectivity index (χ1) is 9.04. The van der Waals surface area contributed by atoms with Crippen LogP contribution in [0.25, 0.3) is 0 Å². The van der Waals surface area contributed by atoms with E-state index < -0.39 is 5.97 Å². The van der Waals surface area contributed by atoms with Gasteiger partial charge in [-0.25, -0.2) is 4.79 Å². The van der Waals surface area contributed by atoms with Gasteiger partial charge in [0, 0.05) is 18.3 Å². The maximum atomic E-state index is 11.3. The minimum absolute atomic E-state index is 0.301. The molecule has 1 saturated carbocycles. The van der Waals surface area contributed by atoms with Crippen LogP contribution in [0.15, 0.2) is 0 Å². The van der Waals surface area contributed by atoms with Crippen LogP contribution in [0.5, 0.6) is 0 Å². The number of carboxylic acids is 1. The summed E-state index contributed by atoms with van der Waals surface area (Å²) in [6.45, 7) is 3.90. The maximum Gasteiger partial charge on any atom is 0.341 e. The van der Waals surface area contributed by atoms with E-state index >= 15 is 0 Å². The van der Waals surface area contributed by atoms with E-state index in [4.69, 9.17) is 0 Å². The number of aromatic carboxylic acids is 1. The molecule has 2 N–H and O–H groups in total. The Morgan fingerprint density at radius 3 is 2.95 bits per heavy atom. The molecular weight excluding hydrogens is 262 g/mol. The SMILES string of the molecule is CCSC1CCCC1Nc1c(C(=O)O)c(C)nn1C. The summed E-state index contributed by atoms with van der Waals surface area (Å²) in [7, 11) is 1.79. The Hall–Kier alpha value is -1.17. The molecular formula is C13H21N3O2S. The standard InChI is InChI=1S/C13H21N3O2S/c1-4-19-10-7-5-6-9(10)14-12-11(13(17)18)8(2)15-16(12)3/h9-10,14H,4-7H2,1-3H3,(H,17,18). The molecule has 2 unspecified atom stereocenters. The Morgan fingerprint density at radius 2 is 2.32 bits per heavy atom. The first-order valence-corrected chi connectivity index (χ1v) is 7.74. The van der Waals surface area contributed by atoms with Gasteiger partial charge in [-0.1, -0.05) is 13.3 Å². The van der Waals surface area contributed by atoms with Gasteiger partial charge in [-0.3, -0.25) is 4.68 Å². The fourth-order valence-corrected chi connectivity index (χ4v) is 3.96. The van der Waals surface area contributed by atoms with Gasteiger partial charge in [-0.05, 0) is 25.5 Å². The van der Waals surface area contributed by atoms with Crippen molar-refractivity contribution in [2.75, 3.05) is 11.1 Å². The number of rotatable bonds is 5. The highest BCUT2D eigenvalue weighted by atomic mass is 32.2. The monoisotopic (exact) mass is 283 g/mol. The molecule has 2 atom stereocenters. The number of hydrogen-bond acceptors (Lipinski definition) is 4. The second-order valence-electron chi connectivity index (χ2n) is 4.91. The molecule has 1 aliphatic carbocycles. The van der Waals surface area contributed by atoms with Crippen molar-refractivity contribution in [2.24, 2.45) is 7.05 Å².